The molecule has 0 aliphatic rings. The molecule has 0 saturated carbocycles. The van der Waals surface area contributed by atoms with Crippen molar-refractivity contribution in [3.05, 3.63) is 58.1 Å². The summed E-state index contributed by atoms with van der Waals surface area (Å²) < 4.78 is 1.87. The first-order chi connectivity index (χ1) is 11.0. The van der Waals surface area contributed by atoms with Gasteiger partial charge in [-0.05, 0) is 18.2 Å². The molecule has 1 amide bonds. The van der Waals surface area contributed by atoms with E-state index in [0.717, 1.165) is 11.1 Å². The van der Waals surface area contributed by atoms with Gasteiger partial charge in [-0.1, -0.05) is 12.1 Å². The van der Waals surface area contributed by atoms with E-state index in [1.807, 2.05) is 11.6 Å². The molecule has 1 N–H and O–H groups in total. The van der Waals surface area contributed by atoms with Crippen molar-refractivity contribution >= 4 is 22.6 Å². The maximum absolute atomic E-state index is 11.6. The van der Waals surface area contributed by atoms with Crippen LogP contribution in [0.1, 0.15) is 10.4 Å². The van der Waals surface area contributed by atoms with Crippen LogP contribution >= 0.6 is 0 Å². The predicted octanol–water partition coefficient (Wildman–Crippen LogP) is 2.51. The summed E-state index contributed by atoms with van der Waals surface area (Å²) in [4.78, 5) is 26.5. The van der Waals surface area contributed by atoms with Crippen molar-refractivity contribution in [2.75, 3.05) is 7.05 Å². The van der Waals surface area contributed by atoms with Gasteiger partial charge in [-0.2, -0.15) is 0 Å². The topological polar surface area (TPSA) is 90.1 Å². The van der Waals surface area contributed by atoms with Crippen LogP contribution in [0, 0.1) is 10.1 Å². The van der Waals surface area contributed by atoms with Gasteiger partial charge in [0.15, 0.2) is 0 Å². The molecule has 2 aromatic carbocycles. The summed E-state index contributed by atoms with van der Waals surface area (Å²) in [6, 6.07) is 11.6. The maximum Gasteiger partial charge on any atom is 0.271 e. The van der Waals surface area contributed by atoms with Gasteiger partial charge in [0.1, 0.15) is 5.82 Å². The number of fused-ring (bicyclic) bond motifs is 1. The van der Waals surface area contributed by atoms with Crippen molar-refractivity contribution in [1.29, 1.82) is 0 Å². The fourth-order valence-corrected chi connectivity index (χ4v) is 2.47. The molecule has 0 radical (unpaired) electrons. The molecule has 7 nitrogen and oxygen atoms in total. The summed E-state index contributed by atoms with van der Waals surface area (Å²) in [7, 11) is 3.43. The standard InChI is InChI=1S/C16H14N4O3/c1-17-16(21)11-5-3-10(4-6-11)15-18-13-9-12(20(22)23)7-8-14(13)19(15)2/h3-9H,1-2H3,(H,17,21). The van der Waals surface area contributed by atoms with E-state index in [4.69, 9.17) is 0 Å². The first-order valence-corrected chi connectivity index (χ1v) is 6.94. The maximum atomic E-state index is 11.6. The van der Waals surface area contributed by atoms with Crippen molar-refractivity contribution in [3.8, 4) is 11.4 Å². The van der Waals surface area contributed by atoms with E-state index in [-0.39, 0.29) is 11.6 Å². The summed E-state index contributed by atoms with van der Waals surface area (Å²) in [5.74, 6) is 0.529. The molecule has 0 bridgehead atoms. The van der Waals surface area contributed by atoms with Gasteiger partial charge in [0.2, 0.25) is 0 Å². The van der Waals surface area contributed by atoms with Crippen molar-refractivity contribution < 1.29 is 9.72 Å². The summed E-state index contributed by atoms with van der Waals surface area (Å²) in [6.07, 6.45) is 0. The number of hydrogen-bond acceptors (Lipinski definition) is 4. The van der Waals surface area contributed by atoms with E-state index in [2.05, 4.69) is 10.3 Å². The molecule has 0 aliphatic carbocycles. The van der Waals surface area contributed by atoms with Gasteiger partial charge < -0.3 is 9.88 Å². The Hall–Kier alpha value is -3.22. The average Bonchev–Trinajstić information content (AvgIpc) is 2.90. The van der Waals surface area contributed by atoms with Crippen LogP contribution < -0.4 is 5.32 Å². The number of non-ortho nitro benzene ring substituents is 1. The lowest BCUT2D eigenvalue weighted by atomic mass is 10.1. The van der Waals surface area contributed by atoms with Gasteiger partial charge in [-0.15, -0.1) is 0 Å². The smallest absolute Gasteiger partial charge is 0.271 e. The van der Waals surface area contributed by atoms with Crippen LogP contribution in [0.15, 0.2) is 42.5 Å². The third kappa shape index (κ3) is 2.52. The highest BCUT2D eigenvalue weighted by Gasteiger charge is 2.14. The van der Waals surface area contributed by atoms with E-state index >= 15 is 0 Å². The molecule has 3 aromatic rings. The Balaban J connectivity index is 2.07. The first-order valence-electron chi connectivity index (χ1n) is 6.94. The second kappa shape index (κ2) is 5.53. The molecule has 1 heterocycles. The molecule has 0 spiro atoms. The van der Waals surface area contributed by atoms with Crippen LogP contribution in [0.4, 0.5) is 5.69 Å². The highest BCUT2D eigenvalue weighted by molar-refractivity contribution is 5.94. The van der Waals surface area contributed by atoms with Crippen LogP contribution in [-0.4, -0.2) is 27.4 Å². The van der Waals surface area contributed by atoms with Gasteiger partial charge >= 0.3 is 0 Å². The van der Waals surface area contributed by atoms with Crippen LogP contribution in [0.3, 0.4) is 0 Å². The Morgan fingerprint density at radius 2 is 1.91 bits per heavy atom. The number of amides is 1. The number of imidazole rings is 1. The quantitative estimate of drug-likeness (QED) is 0.594. The molecule has 0 aliphatic heterocycles. The Kier molecular flexibility index (Phi) is 3.53. The molecule has 3 rings (SSSR count). The SMILES string of the molecule is CNC(=O)c1ccc(-c2nc3cc([N+](=O)[O-])ccc3n2C)cc1. The van der Waals surface area contributed by atoms with Gasteiger partial charge in [0.25, 0.3) is 11.6 Å². The molecule has 1 aromatic heterocycles. The van der Waals surface area contributed by atoms with E-state index in [1.165, 1.54) is 12.1 Å². The molecule has 116 valence electrons. The van der Waals surface area contributed by atoms with Crippen molar-refractivity contribution in [3.63, 3.8) is 0 Å². The van der Waals surface area contributed by atoms with Crippen molar-refractivity contribution in [2.24, 2.45) is 7.05 Å². The number of nitrogens with one attached hydrogen (secondary N) is 1. The molecule has 0 saturated heterocycles. The van der Waals surface area contributed by atoms with Crippen LogP contribution in [0.25, 0.3) is 22.4 Å². The minimum Gasteiger partial charge on any atom is -0.355 e. The second-order valence-corrected chi connectivity index (χ2v) is 5.08. The number of nitrogens with zero attached hydrogens (tertiary/aromatic N) is 3. The number of nitro benzene ring substituents is 1. The molecular weight excluding hydrogens is 296 g/mol. The van der Waals surface area contributed by atoms with E-state index in [0.29, 0.717) is 16.9 Å². The fraction of sp³-hybridized carbons (Fsp3) is 0.125. The van der Waals surface area contributed by atoms with Crippen molar-refractivity contribution in [1.82, 2.24) is 14.9 Å². The van der Waals surface area contributed by atoms with Gasteiger partial charge in [-0.3, -0.25) is 14.9 Å². The van der Waals surface area contributed by atoms with Gasteiger partial charge in [-0.25, -0.2) is 4.98 Å². The number of aryl methyl sites for hydroxylation is 1. The average molecular weight is 310 g/mol. The zero-order valence-electron chi connectivity index (χ0n) is 12.6. The molecule has 0 atom stereocenters. The Labute approximate surface area is 131 Å². The highest BCUT2D eigenvalue weighted by Crippen LogP contribution is 2.26. The number of carbonyl (C=O) groups is 1. The lowest BCUT2D eigenvalue weighted by Gasteiger charge is -2.04. The highest BCUT2D eigenvalue weighted by atomic mass is 16.6. The third-order valence-electron chi connectivity index (χ3n) is 3.71. The van der Waals surface area contributed by atoms with Gasteiger partial charge in [0, 0.05) is 37.4 Å². The number of hydrogen-bond donors (Lipinski definition) is 1. The molecule has 0 unspecified atom stereocenters. The van der Waals surface area contributed by atoms with Gasteiger partial charge in [0.05, 0.1) is 16.0 Å². The summed E-state index contributed by atoms with van der Waals surface area (Å²) in [5.41, 5.74) is 2.77. The zero-order valence-corrected chi connectivity index (χ0v) is 12.6. The minimum atomic E-state index is -0.439. The number of carbonyl (C=O) groups excluding carboxylic acids is 1. The molecule has 23 heavy (non-hydrogen) atoms. The summed E-state index contributed by atoms with van der Waals surface area (Å²) >= 11 is 0. The van der Waals surface area contributed by atoms with Crippen LogP contribution in [0.2, 0.25) is 0 Å². The third-order valence-corrected chi connectivity index (χ3v) is 3.71. The lowest BCUT2D eigenvalue weighted by Crippen LogP contribution is -2.17. The summed E-state index contributed by atoms with van der Waals surface area (Å²) in [5, 5.41) is 13.4. The first kappa shape index (κ1) is 14.7. The fourth-order valence-electron chi connectivity index (χ4n) is 2.47. The number of benzene rings is 2. The van der Waals surface area contributed by atoms with Crippen molar-refractivity contribution in [2.45, 2.75) is 0 Å². The second-order valence-electron chi connectivity index (χ2n) is 5.08. The van der Waals surface area contributed by atoms with Crippen LogP contribution in [-0.2, 0) is 7.05 Å². The lowest BCUT2D eigenvalue weighted by molar-refractivity contribution is -0.384. The Morgan fingerprint density at radius 3 is 2.52 bits per heavy atom. The molecular formula is C16H14N4O3. The minimum absolute atomic E-state index is 0.0112. The van der Waals surface area contributed by atoms with Crippen LogP contribution in [0.5, 0.6) is 0 Å². The largest absolute Gasteiger partial charge is 0.355 e. The molecule has 0 fully saturated rings. The number of aromatic nitrogens is 2. The van der Waals surface area contributed by atoms with E-state index in [9.17, 15) is 14.9 Å². The van der Waals surface area contributed by atoms with E-state index in [1.54, 1.807) is 37.4 Å². The molecule has 7 heteroatoms. The zero-order chi connectivity index (χ0) is 16.6. The predicted molar refractivity (Wildman–Crippen MR) is 86.2 cm³/mol. The Morgan fingerprint density at radius 1 is 1.22 bits per heavy atom. The Bertz CT molecular complexity index is 913. The summed E-state index contributed by atoms with van der Waals surface area (Å²) in [6.45, 7) is 0. The number of nitro groups is 1. The number of rotatable bonds is 3. The van der Waals surface area contributed by atoms with E-state index < -0.39 is 4.92 Å². The monoisotopic (exact) mass is 310 g/mol. The normalized spacial score (nSPS) is 10.7.